The number of halogens is 1. The highest BCUT2D eigenvalue weighted by atomic mass is 79.9. The lowest BCUT2D eigenvalue weighted by molar-refractivity contribution is -0.142. The van der Waals surface area contributed by atoms with Crippen LogP contribution in [0, 0.1) is 23.2 Å². The molecule has 0 spiro atoms. The highest BCUT2D eigenvalue weighted by Gasteiger charge is 2.41. The van der Waals surface area contributed by atoms with Crippen LogP contribution in [0.4, 0.5) is 0 Å². The van der Waals surface area contributed by atoms with Gasteiger partial charge in [0.15, 0.2) is 23.9 Å². The van der Waals surface area contributed by atoms with E-state index in [1.165, 1.54) is 7.11 Å². The van der Waals surface area contributed by atoms with E-state index in [2.05, 4.69) is 33.7 Å². The quantitative estimate of drug-likeness (QED) is 0.256. The first-order valence-electron chi connectivity index (χ1n) is 13.9. The third-order valence-electron chi connectivity index (χ3n) is 7.39. The first-order valence-corrected chi connectivity index (χ1v) is 14.7. The first kappa shape index (κ1) is 30.3. The summed E-state index contributed by atoms with van der Waals surface area (Å²) in [6, 6.07) is 13.4. The molecular formula is C32H35BrN2O6. The second-order valence-electron chi connectivity index (χ2n) is 10.2. The number of carbonyl (C=O) groups excluding carboxylic acids is 2. The van der Waals surface area contributed by atoms with Crippen LogP contribution in [0.15, 0.2) is 57.1 Å². The van der Waals surface area contributed by atoms with E-state index < -0.39 is 17.8 Å². The molecule has 2 aliphatic rings. The summed E-state index contributed by atoms with van der Waals surface area (Å²) in [5.41, 5.74) is 3.92. The van der Waals surface area contributed by atoms with Crippen LogP contribution in [0.25, 0.3) is 0 Å². The maximum absolute atomic E-state index is 13.5. The number of hydrogen-bond acceptors (Lipinski definition) is 8. The lowest BCUT2D eigenvalue weighted by Crippen LogP contribution is -2.32. The molecule has 0 saturated heterocycles. The van der Waals surface area contributed by atoms with Crippen molar-refractivity contribution in [1.29, 1.82) is 5.26 Å². The summed E-state index contributed by atoms with van der Waals surface area (Å²) < 4.78 is 22.9. The Hall–Kier alpha value is -3.64. The predicted octanol–water partition coefficient (Wildman–Crippen LogP) is 6.71. The van der Waals surface area contributed by atoms with Crippen LogP contribution in [0.2, 0.25) is 0 Å². The summed E-state index contributed by atoms with van der Waals surface area (Å²) in [5.74, 6) is 0.552. The lowest BCUT2D eigenvalue weighted by atomic mass is 9.70. The number of ether oxygens (including phenoxy) is 4. The summed E-state index contributed by atoms with van der Waals surface area (Å²) >= 11 is 3.67. The SMILES string of the molecule is CCCC1CC(=O)C2=C(C1)N=C(C)C(C#N)C2c1cc(Br)c(OCc2ccc(OCC(=O)OC)cc2)c(OCC)c1. The second-order valence-corrected chi connectivity index (χ2v) is 11.1. The largest absolute Gasteiger partial charge is 0.490 e. The molecule has 41 heavy (non-hydrogen) atoms. The van der Waals surface area contributed by atoms with E-state index >= 15 is 0 Å². The van der Waals surface area contributed by atoms with E-state index in [9.17, 15) is 14.9 Å². The topological polar surface area (TPSA) is 107 Å². The molecule has 3 atom stereocenters. The number of aliphatic imine (C=N–C) groups is 1. The number of methoxy groups -OCH3 is 1. The summed E-state index contributed by atoms with van der Waals surface area (Å²) in [4.78, 5) is 29.5. The van der Waals surface area contributed by atoms with Gasteiger partial charge in [0.25, 0.3) is 0 Å². The van der Waals surface area contributed by atoms with Gasteiger partial charge in [-0.25, -0.2) is 4.79 Å². The Morgan fingerprint density at radius 2 is 1.88 bits per heavy atom. The molecule has 4 rings (SSSR count). The molecular weight excluding hydrogens is 588 g/mol. The van der Waals surface area contributed by atoms with Gasteiger partial charge in [0.2, 0.25) is 0 Å². The third kappa shape index (κ3) is 6.99. The average molecular weight is 624 g/mol. The average Bonchev–Trinajstić information content (AvgIpc) is 2.95. The van der Waals surface area contributed by atoms with Crippen molar-refractivity contribution in [2.75, 3.05) is 20.3 Å². The Balaban J connectivity index is 1.61. The van der Waals surface area contributed by atoms with Crippen molar-refractivity contribution in [3.63, 3.8) is 0 Å². The maximum Gasteiger partial charge on any atom is 0.343 e. The molecule has 0 amide bonds. The zero-order valence-corrected chi connectivity index (χ0v) is 25.5. The Kier molecular flexibility index (Phi) is 10.2. The maximum atomic E-state index is 13.5. The van der Waals surface area contributed by atoms with E-state index in [0.29, 0.717) is 40.3 Å². The molecule has 8 nitrogen and oxygen atoms in total. The number of benzene rings is 2. The Labute approximate surface area is 249 Å². The molecule has 0 saturated carbocycles. The summed E-state index contributed by atoms with van der Waals surface area (Å²) in [6.07, 6.45) is 3.25. The molecule has 0 N–H and O–H groups in total. The molecule has 0 fully saturated rings. The number of allylic oxidation sites excluding steroid dienone is 2. The lowest BCUT2D eigenvalue weighted by Gasteiger charge is -2.35. The van der Waals surface area contributed by atoms with Crippen LogP contribution in [-0.2, 0) is 20.9 Å². The molecule has 216 valence electrons. The van der Waals surface area contributed by atoms with Crippen LogP contribution >= 0.6 is 15.9 Å². The van der Waals surface area contributed by atoms with Gasteiger partial charge in [0.05, 0.1) is 30.2 Å². The van der Waals surface area contributed by atoms with Crippen LogP contribution in [0.5, 0.6) is 17.2 Å². The number of Topliss-reactive ketones (excluding diaryl/α,β-unsaturated/α-hetero) is 1. The Morgan fingerprint density at radius 3 is 2.54 bits per heavy atom. The van der Waals surface area contributed by atoms with Crippen molar-refractivity contribution in [3.05, 3.63) is 63.3 Å². The molecule has 1 aliphatic carbocycles. The zero-order chi connectivity index (χ0) is 29.5. The number of hydrogen-bond donors (Lipinski definition) is 0. The summed E-state index contributed by atoms with van der Waals surface area (Å²) in [5, 5.41) is 10.1. The number of rotatable bonds is 11. The molecule has 0 aromatic heterocycles. The van der Waals surface area contributed by atoms with Gasteiger partial charge in [0, 0.05) is 29.3 Å². The predicted molar refractivity (Wildman–Crippen MR) is 158 cm³/mol. The molecule has 2 aromatic rings. The Bertz CT molecular complexity index is 1390. The molecule has 9 heteroatoms. The fourth-order valence-electron chi connectivity index (χ4n) is 5.49. The van der Waals surface area contributed by atoms with Gasteiger partial charge < -0.3 is 18.9 Å². The minimum absolute atomic E-state index is 0.0830. The highest BCUT2D eigenvalue weighted by Crippen LogP contribution is 2.48. The normalized spacial score (nSPS) is 20.0. The van der Waals surface area contributed by atoms with E-state index in [0.717, 1.165) is 41.8 Å². The van der Waals surface area contributed by atoms with Gasteiger partial charge in [-0.15, -0.1) is 0 Å². The van der Waals surface area contributed by atoms with Crippen molar-refractivity contribution < 1.29 is 28.5 Å². The van der Waals surface area contributed by atoms with Crippen molar-refractivity contribution in [3.8, 4) is 23.3 Å². The number of carbonyl (C=O) groups is 2. The van der Waals surface area contributed by atoms with Gasteiger partial charge in [-0.05, 0) is 83.9 Å². The van der Waals surface area contributed by atoms with E-state index in [4.69, 9.17) is 19.2 Å². The van der Waals surface area contributed by atoms with Gasteiger partial charge in [-0.2, -0.15) is 5.26 Å². The van der Waals surface area contributed by atoms with Gasteiger partial charge in [-0.3, -0.25) is 9.79 Å². The number of esters is 1. The standard InChI is InChI=1S/C32H35BrN2O6/c1-5-7-21-12-26-31(27(36)13-21)30(24(16-34)19(3)35-26)22-14-25(33)32(28(15-22)39-6-2)41-17-20-8-10-23(11-9-20)40-18-29(37)38-4/h8-11,14-15,21,24,30H,5-7,12-13,17-18H2,1-4H3. The van der Waals surface area contributed by atoms with Gasteiger partial charge in [0.1, 0.15) is 12.4 Å². The number of ketones is 1. The molecule has 1 heterocycles. The molecule has 0 radical (unpaired) electrons. The second kappa shape index (κ2) is 13.8. The van der Waals surface area contributed by atoms with Gasteiger partial charge in [-0.1, -0.05) is 25.5 Å². The van der Waals surface area contributed by atoms with Crippen molar-refractivity contribution in [1.82, 2.24) is 0 Å². The molecule has 1 aliphatic heterocycles. The Morgan fingerprint density at radius 1 is 1.12 bits per heavy atom. The fourth-order valence-corrected chi connectivity index (χ4v) is 6.06. The van der Waals surface area contributed by atoms with E-state index in [1.54, 1.807) is 12.1 Å². The number of nitrogens with zero attached hydrogens (tertiary/aromatic N) is 2. The third-order valence-corrected chi connectivity index (χ3v) is 7.98. The minimum atomic E-state index is -0.548. The number of nitriles is 1. The monoisotopic (exact) mass is 622 g/mol. The highest BCUT2D eigenvalue weighted by molar-refractivity contribution is 9.10. The van der Waals surface area contributed by atoms with Crippen LogP contribution in [0.3, 0.4) is 0 Å². The summed E-state index contributed by atoms with van der Waals surface area (Å²) in [6.45, 7) is 6.42. The van der Waals surface area contributed by atoms with Crippen molar-refractivity contribution >= 4 is 33.4 Å². The van der Waals surface area contributed by atoms with Crippen LogP contribution < -0.4 is 14.2 Å². The first-order chi connectivity index (χ1) is 19.8. The van der Waals surface area contributed by atoms with Gasteiger partial charge >= 0.3 is 5.97 Å². The smallest absolute Gasteiger partial charge is 0.343 e. The van der Waals surface area contributed by atoms with E-state index in [-0.39, 0.29) is 24.9 Å². The van der Waals surface area contributed by atoms with Crippen LogP contribution in [-0.4, -0.2) is 37.8 Å². The van der Waals surface area contributed by atoms with Crippen molar-refractivity contribution in [2.45, 2.75) is 59.0 Å². The zero-order valence-electron chi connectivity index (χ0n) is 23.9. The molecule has 3 unspecified atom stereocenters. The van der Waals surface area contributed by atoms with Crippen molar-refractivity contribution in [2.24, 2.45) is 16.8 Å². The molecule has 0 bridgehead atoms. The fraction of sp³-hybridized carbons (Fsp3) is 0.438. The summed E-state index contributed by atoms with van der Waals surface area (Å²) in [7, 11) is 1.31. The molecule has 2 aromatic carbocycles. The minimum Gasteiger partial charge on any atom is -0.490 e. The van der Waals surface area contributed by atoms with E-state index in [1.807, 2.05) is 38.1 Å². The van der Waals surface area contributed by atoms with Crippen LogP contribution in [0.1, 0.15) is 63.5 Å².